The van der Waals surface area contributed by atoms with Gasteiger partial charge in [0.15, 0.2) is 5.82 Å². The SMILES string of the molecule is COc1cc(-c2ccc(-c3cnc(/C=C4\CC5CC(C)[C@](C)(N5)[C@@H]4F)nn3)c(O)c2)ccn1. The van der Waals surface area contributed by atoms with Crippen molar-refractivity contribution in [3.05, 3.63) is 54.1 Å². The topological polar surface area (TPSA) is 93.0 Å². The number of halogens is 1. The third kappa shape index (κ3) is 3.84. The molecule has 2 bridgehead atoms. The van der Waals surface area contributed by atoms with Crippen LogP contribution in [-0.2, 0) is 0 Å². The highest BCUT2D eigenvalue weighted by Crippen LogP contribution is 2.44. The lowest BCUT2D eigenvalue weighted by Gasteiger charge is -2.38. The zero-order valence-corrected chi connectivity index (χ0v) is 18.8. The first-order valence-corrected chi connectivity index (χ1v) is 11.0. The standard InChI is InChI=1S/C25H26FN5O2/c1-14-8-18-9-17(24(26)25(14,2)29-18)11-22-28-13-20(30-31-22)19-5-4-15(10-21(19)32)16-6-7-27-23(12-16)33-3/h4-7,10-14,18,24,29,32H,8-9H2,1-3H3/b17-11+/t14?,18?,24-,25+/m1/s1. The predicted molar refractivity (Wildman–Crippen MR) is 123 cm³/mol. The molecule has 2 aliphatic rings. The molecule has 0 radical (unpaired) electrons. The summed E-state index contributed by atoms with van der Waals surface area (Å²) in [6, 6.07) is 9.22. The summed E-state index contributed by atoms with van der Waals surface area (Å²) in [5, 5.41) is 22.4. The lowest BCUT2D eigenvalue weighted by Crippen LogP contribution is -2.55. The molecule has 2 saturated heterocycles. The fraction of sp³-hybridized carbons (Fsp3) is 0.360. The fourth-order valence-corrected chi connectivity index (χ4v) is 4.94. The predicted octanol–water partition coefficient (Wildman–Crippen LogP) is 4.20. The summed E-state index contributed by atoms with van der Waals surface area (Å²) >= 11 is 0. The summed E-state index contributed by atoms with van der Waals surface area (Å²) < 4.78 is 20.4. The molecular weight excluding hydrogens is 421 g/mol. The Morgan fingerprint density at radius 1 is 1.18 bits per heavy atom. The highest BCUT2D eigenvalue weighted by atomic mass is 19.1. The molecule has 3 aromatic rings. The third-order valence-electron chi connectivity index (χ3n) is 6.96. The second-order valence-corrected chi connectivity index (χ2v) is 9.07. The van der Waals surface area contributed by atoms with Gasteiger partial charge in [-0.15, -0.1) is 10.2 Å². The van der Waals surface area contributed by atoms with Gasteiger partial charge in [-0.25, -0.2) is 14.4 Å². The Hall–Kier alpha value is -3.39. The van der Waals surface area contributed by atoms with Gasteiger partial charge in [0.05, 0.1) is 18.8 Å². The fourth-order valence-electron chi connectivity index (χ4n) is 4.94. The number of phenols is 1. The minimum absolute atomic E-state index is 0.0612. The maximum atomic E-state index is 15.2. The zero-order chi connectivity index (χ0) is 23.2. The summed E-state index contributed by atoms with van der Waals surface area (Å²) in [5.74, 6) is 1.20. The molecule has 2 fully saturated rings. The highest BCUT2D eigenvalue weighted by Gasteiger charge is 2.52. The first kappa shape index (κ1) is 21.5. The summed E-state index contributed by atoms with van der Waals surface area (Å²) in [4.78, 5) is 8.47. The van der Waals surface area contributed by atoms with Crippen LogP contribution in [0.2, 0.25) is 0 Å². The van der Waals surface area contributed by atoms with E-state index >= 15 is 4.39 Å². The van der Waals surface area contributed by atoms with E-state index in [9.17, 15) is 5.11 Å². The largest absolute Gasteiger partial charge is 0.507 e. The Morgan fingerprint density at radius 3 is 2.73 bits per heavy atom. The lowest BCUT2D eigenvalue weighted by molar-refractivity contribution is 0.154. The van der Waals surface area contributed by atoms with Gasteiger partial charge in [0.2, 0.25) is 5.88 Å². The van der Waals surface area contributed by atoms with Crippen LogP contribution in [-0.4, -0.2) is 50.1 Å². The zero-order valence-electron chi connectivity index (χ0n) is 18.8. The molecule has 4 atom stereocenters. The number of benzene rings is 1. The van der Waals surface area contributed by atoms with Crippen LogP contribution < -0.4 is 10.1 Å². The molecule has 5 rings (SSSR count). The van der Waals surface area contributed by atoms with Crippen LogP contribution in [0.1, 0.15) is 32.5 Å². The highest BCUT2D eigenvalue weighted by molar-refractivity contribution is 5.74. The van der Waals surface area contributed by atoms with E-state index in [1.165, 1.54) is 0 Å². The van der Waals surface area contributed by atoms with Crippen molar-refractivity contribution in [2.45, 2.75) is 44.4 Å². The van der Waals surface area contributed by atoms with E-state index in [-0.39, 0.29) is 17.7 Å². The molecule has 7 nitrogen and oxygen atoms in total. The number of rotatable bonds is 4. The monoisotopic (exact) mass is 447 g/mol. The van der Waals surface area contributed by atoms with Gasteiger partial charge in [-0.05, 0) is 66.7 Å². The summed E-state index contributed by atoms with van der Waals surface area (Å²) in [7, 11) is 1.56. The number of nitrogens with one attached hydrogen (secondary N) is 1. The number of fused-ring (bicyclic) bond motifs is 2. The van der Waals surface area contributed by atoms with Crippen molar-refractivity contribution in [1.29, 1.82) is 0 Å². The molecule has 0 aliphatic carbocycles. The van der Waals surface area contributed by atoms with Gasteiger partial charge in [0.1, 0.15) is 17.6 Å². The van der Waals surface area contributed by atoms with Crippen molar-refractivity contribution in [3.8, 4) is 34.0 Å². The van der Waals surface area contributed by atoms with E-state index in [4.69, 9.17) is 4.74 Å². The first-order valence-electron chi connectivity index (χ1n) is 11.0. The Labute approximate surface area is 191 Å². The summed E-state index contributed by atoms with van der Waals surface area (Å²) in [6.07, 6.45) is 5.45. The molecule has 2 unspecified atom stereocenters. The van der Waals surface area contributed by atoms with Gasteiger partial charge < -0.3 is 15.2 Å². The maximum absolute atomic E-state index is 15.2. The molecular formula is C25H26FN5O2. The second-order valence-electron chi connectivity index (χ2n) is 9.07. The Balaban J connectivity index is 1.38. The van der Waals surface area contributed by atoms with Crippen LogP contribution in [0.25, 0.3) is 28.5 Å². The first-order chi connectivity index (χ1) is 15.9. The van der Waals surface area contributed by atoms with Gasteiger partial charge in [-0.2, -0.15) is 0 Å². The molecule has 8 heteroatoms. The van der Waals surface area contributed by atoms with E-state index in [0.717, 1.165) is 17.5 Å². The molecule has 2 aromatic heterocycles. The van der Waals surface area contributed by atoms with Crippen molar-refractivity contribution < 1.29 is 14.2 Å². The van der Waals surface area contributed by atoms with Crippen LogP contribution in [0.5, 0.6) is 11.6 Å². The molecule has 0 saturated carbocycles. The number of pyridine rings is 1. The van der Waals surface area contributed by atoms with Gasteiger partial charge in [-0.3, -0.25) is 0 Å². The molecule has 2 N–H and O–H groups in total. The van der Waals surface area contributed by atoms with Crippen LogP contribution in [0.3, 0.4) is 0 Å². The minimum atomic E-state index is -1.09. The van der Waals surface area contributed by atoms with Crippen LogP contribution in [0.4, 0.5) is 4.39 Å². The number of methoxy groups -OCH3 is 1. The molecule has 0 amide bonds. The number of nitrogens with zero attached hydrogens (tertiary/aromatic N) is 4. The van der Waals surface area contributed by atoms with Crippen LogP contribution in [0, 0.1) is 5.92 Å². The molecule has 4 heterocycles. The van der Waals surface area contributed by atoms with Crippen molar-refractivity contribution >= 4 is 6.08 Å². The van der Waals surface area contributed by atoms with Crippen molar-refractivity contribution in [1.82, 2.24) is 25.5 Å². The quantitative estimate of drug-likeness (QED) is 0.619. The van der Waals surface area contributed by atoms with Crippen molar-refractivity contribution in [3.63, 3.8) is 0 Å². The summed E-state index contributed by atoms with van der Waals surface area (Å²) in [6.45, 7) is 4.05. The average Bonchev–Trinajstić information content (AvgIpc) is 3.08. The van der Waals surface area contributed by atoms with Gasteiger partial charge in [0, 0.05) is 23.9 Å². The lowest BCUT2D eigenvalue weighted by atomic mass is 9.81. The number of hydrogen-bond donors (Lipinski definition) is 2. The third-order valence-corrected chi connectivity index (χ3v) is 6.96. The van der Waals surface area contributed by atoms with Gasteiger partial charge in [-0.1, -0.05) is 13.0 Å². The Bertz CT molecular complexity index is 1220. The Kier molecular flexibility index (Phi) is 5.32. The number of hydrogen-bond acceptors (Lipinski definition) is 7. The van der Waals surface area contributed by atoms with E-state index in [2.05, 4.69) is 32.4 Å². The molecule has 0 spiro atoms. The number of ether oxygens (including phenoxy) is 1. The van der Waals surface area contributed by atoms with E-state index < -0.39 is 11.7 Å². The minimum Gasteiger partial charge on any atom is -0.507 e. The number of aromatic hydroxyl groups is 1. The van der Waals surface area contributed by atoms with Crippen LogP contribution >= 0.6 is 0 Å². The van der Waals surface area contributed by atoms with Crippen LogP contribution in [0.15, 0.2) is 48.3 Å². The smallest absolute Gasteiger partial charge is 0.213 e. The molecule has 2 aliphatic heterocycles. The number of phenolic OH excluding ortho intramolecular Hbond substituents is 1. The maximum Gasteiger partial charge on any atom is 0.213 e. The normalized spacial score (nSPS) is 27.6. The van der Waals surface area contributed by atoms with Gasteiger partial charge in [0.25, 0.3) is 0 Å². The van der Waals surface area contributed by atoms with E-state index in [1.54, 1.807) is 43.8 Å². The average molecular weight is 448 g/mol. The summed E-state index contributed by atoms with van der Waals surface area (Å²) in [5.41, 5.74) is 2.81. The molecule has 170 valence electrons. The van der Waals surface area contributed by atoms with Crippen molar-refractivity contribution in [2.75, 3.05) is 7.11 Å². The number of alkyl halides is 1. The second kappa shape index (κ2) is 8.19. The molecule has 1 aromatic carbocycles. The number of aromatic nitrogens is 4. The van der Waals surface area contributed by atoms with E-state index in [0.29, 0.717) is 35.0 Å². The Morgan fingerprint density at radius 2 is 2.00 bits per heavy atom. The van der Waals surface area contributed by atoms with E-state index in [1.807, 2.05) is 19.1 Å². The number of piperidine rings is 1. The molecule has 33 heavy (non-hydrogen) atoms. The van der Waals surface area contributed by atoms with Gasteiger partial charge >= 0.3 is 0 Å². The van der Waals surface area contributed by atoms with Crippen molar-refractivity contribution in [2.24, 2.45) is 5.92 Å².